The summed E-state index contributed by atoms with van der Waals surface area (Å²) in [5.74, 6) is -1.83. The van der Waals surface area contributed by atoms with Crippen molar-refractivity contribution in [1.29, 1.82) is 0 Å². The van der Waals surface area contributed by atoms with Crippen LogP contribution in [0.2, 0.25) is 0 Å². The van der Waals surface area contributed by atoms with E-state index in [9.17, 15) is 22.0 Å². The Labute approximate surface area is 174 Å². The lowest BCUT2D eigenvalue weighted by Gasteiger charge is -2.32. The number of ether oxygens (including phenoxy) is 1. The molecular weight excluding hydrogens is 414 g/mol. The van der Waals surface area contributed by atoms with E-state index in [0.29, 0.717) is 12.8 Å². The molecule has 1 fully saturated rings. The van der Waals surface area contributed by atoms with Crippen molar-refractivity contribution in [2.75, 3.05) is 20.2 Å². The SMILES string of the molecule is COc1ccc(F)cc1S(=O)(=O)N1CCCC(C(=O)NC(C)c2ccc(F)cc2)C1. The number of benzene rings is 2. The molecule has 1 N–H and O–H groups in total. The van der Waals surface area contributed by atoms with E-state index < -0.39 is 21.8 Å². The number of sulfonamides is 1. The predicted molar refractivity (Wildman–Crippen MR) is 107 cm³/mol. The summed E-state index contributed by atoms with van der Waals surface area (Å²) in [5, 5.41) is 2.86. The summed E-state index contributed by atoms with van der Waals surface area (Å²) in [6, 6.07) is 8.78. The molecule has 162 valence electrons. The molecule has 2 unspecified atom stereocenters. The van der Waals surface area contributed by atoms with Crippen LogP contribution in [0.4, 0.5) is 8.78 Å². The zero-order valence-corrected chi connectivity index (χ0v) is 17.6. The van der Waals surface area contributed by atoms with Crippen LogP contribution >= 0.6 is 0 Å². The van der Waals surface area contributed by atoms with Gasteiger partial charge in [0.05, 0.1) is 19.1 Å². The van der Waals surface area contributed by atoms with Crippen molar-refractivity contribution < 1.29 is 26.7 Å². The topological polar surface area (TPSA) is 75.7 Å². The number of halogens is 2. The summed E-state index contributed by atoms with van der Waals surface area (Å²) in [6.45, 7) is 2.00. The molecule has 1 amide bonds. The first-order valence-corrected chi connectivity index (χ1v) is 11.1. The number of carbonyl (C=O) groups is 1. The Morgan fingerprint density at radius 3 is 2.50 bits per heavy atom. The molecule has 1 aliphatic heterocycles. The number of nitrogens with zero attached hydrogens (tertiary/aromatic N) is 1. The van der Waals surface area contributed by atoms with Crippen LogP contribution in [0.5, 0.6) is 5.75 Å². The van der Waals surface area contributed by atoms with Crippen molar-refractivity contribution in [3.05, 3.63) is 59.7 Å². The van der Waals surface area contributed by atoms with Gasteiger partial charge in [0, 0.05) is 13.1 Å². The molecular formula is C21H24F2N2O4S. The second kappa shape index (κ2) is 9.09. The summed E-state index contributed by atoms with van der Waals surface area (Å²) in [5.41, 5.74) is 0.745. The molecule has 30 heavy (non-hydrogen) atoms. The monoisotopic (exact) mass is 438 g/mol. The molecule has 2 atom stereocenters. The van der Waals surface area contributed by atoms with Crippen molar-refractivity contribution in [3.63, 3.8) is 0 Å². The lowest BCUT2D eigenvalue weighted by molar-refractivity contribution is -0.126. The van der Waals surface area contributed by atoms with Crippen LogP contribution in [-0.2, 0) is 14.8 Å². The van der Waals surface area contributed by atoms with E-state index in [-0.39, 0.29) is 41.5 Å². The fourth-order valence-electron chi connectivity index (χ4n) is 3.53. The Balaban J connectivity index is 1.73. The van der Waals surface area contributed by atoms with Gasteiger partial charge in [-0.05, 0) is 55.7 Å². The molecule has 0 aliphatic carbocycles. The first-order valence-electron chi connectivity index (χ1n) is 9.62. The molecule has 6 nitrogen and oxygen atoms in total. The molecule has 2 aromatic rings. The van der Waals surface area contributed by atoms with E-state index in [0.717, 1.165) is 17.7 Å². The minimum Gasteiger partial charge on any atom is -0.495 e. The predicted octanol–water partition coefficient (Wildman–Crippen LogP) is 3.25. The number of rotatable bonds is 6. The van der Waals surface area contributed by atoms with Gasteiger partial charge in [0.15, 0.2) is 0 Å². The van der Waals surface area contributed by atoms with Crippen LogP contribution < -0.4 is 10.1 Å². The van der Waals surface area contributed by atoms with E-state index in [1.54, 1.807) is 19.1 Å². The Bertz CT molecular complexity index is 1010. The third kappa shape index (κ3) is 4.79. The van der Waals surface area contributed by atoms with Crippen LogP contribution in [0.15, 0.2) is 47.4 Å². The maximum atomic E-state index is 13.7. The lowest BCUT2D eigenvalue weighted by Crippen LogP contribution is -2.45. The van der Waals surface area contributed by atoms with Crippen LogP contribution in [-0.4, -0.2) is 38.8 Å². The fourth-order valence-corrected chi connectivity index (χ4v) is 5.22. The van der Waals surface area contributed by atoms with Gasteiger partial charge in [0.25, 0.3) is 0 Å². The summed E-state index contributed by atoms with van der Waals surface area (Å²) in [7, 11) is -2.72. The van der Waals surface area contributed by atoms with Gasteiger partial charge in [-0.3, -0.25) is 4.79 Å². The van der Waals surface area contributed by atoms with Crippen molar-refractivity contribution in [3.8, 4) is 5.75 Å². The minimum absolute atomic E-state index is 0.00995. The highest BCUT2D eigenvalue weighted by Crippen LogP contribution is 2.30. The number of nitrogens with one attached hydrogen (secondary N) is 1. The first kappa shape index (κ1) is 22.2. The van der Waals surface area contributed by atoms with Gasteiger partial charge in [0.2, 0.25) is 15.9 Å². The van der Waals surface area contributed by atoms with E-state index in [2.05, 4.69) is 5.32 Å². The highest BCUT2D eigenvalue weighted by Gasteiger charge is 2.35. The van der Waals surface area contributed by atoms with E-state index >= 15 is 0 Å². The fraction of sp³-hybridized carbons (Fsp3) is 0.381. The maximum Gasteiger partial charge on any atom is 0.246 e. The van der Waals surface area contributed by atoms with Crippen molar-refractivity contribution in [2.45, 2.75) is 30.7 Å². The van der Waals surface area contributed by atoms with Gasteiger partial charge >= 0.3 is 0 Å². The summed E-state index contributed by atoms with van der Waals surface area (Å²) in [4.78, 5) is 12.5. The minimum atomic E-state index is -4.03. The van der Waals surface area contributed by atoms with Gasteiger partial charge in [-0.25, -0.2) is 17.2 Å². The number of hydrogen-bond acceptors (Lipinski definition) is 4. The Hall–Kier alpha value is -2.52. The molecule has 0 spiro atoms. The molecule has 2 aromatic carbocycles. The third-order valence-corrected chi connectivity index (χ3v) is 7.11. The standard InChI is InChI=1S/C21H24F2N2O4S/c1-14(15-5-7-17(22)8-6-15)24-21(26)16-4-3-11-25(13-16)30(27,28)20-12-18(23)9-10-19(20)29-2/h5-10,12,14,16H,3-4,11,13H2,1-2H3,(H,24,26). The van der Waals surface area contributed by atoms with Gasteiger partial charge in [-0.2, -0.15) is 4.31 Å². The molecule has 0 saturated carbocycles. The second-order valence-electron chi connectivity index (χ2n) is 7.28. The van der Waals surface area contributed by atoms with Crippen LogP contribution in [0, 0.1) is 17.6 Å². The quantitative estimate of drug-likeness (QED) is 0.751. The van der Waals surface area contributed by atoms with E-state index in [4.69, 9.17) is 4.74 Å². The first-order chi connectivity index (χ1) is 14.2. The zero-order valence-electron chi connectivity index (χ0n) is 16.8. The molecule has 0 aromatic heterocycles. The molecule has 9 heteroatoms. The molecule has 1 saturated heterocycles. The van der Waals surface area contributed by atoms with Gasteiger partial charge in [0.1, 0.15) is 22.3 Å². The van der Waals surface area contributed by atoms with Crippen LogP contribution in [0.25, 0.3) is 0 Å². The van der Waals surface area contributed by atoms with E-state index in [1.807, 2.05) is 0 Å². The molecule has 3 rings (SSSR count). The van der Waals surface area contributed by atoms with Crippen molar-refractivity contribution in [2.24, 2.45) is 5.92 Å². The Morgan fingerprint density at radius 1 is 1.17 bits per heavy atom. The molecule has 0 radical (unpaired) electrons. The summed E-state index contributed by atoms with van der Waals surface area (Å²) in [6.07, 6.45) is 1.04. The Kier molecular flexibility index (Phi) is 6.72. The number of hydrogen-bond donors (Lipinski definition) is 1. The normalized spacial score (nSPS) is 18.6. The van der Waals surface area contributed by atoms with Crippen LogP contribution in [0.1, 0.15) is 31.4 Å². The largest absolute Gasteiger partial charge is 0.495 e. The number of amides is 1. The summed E-state index contributed by atoms with van der Waals surface area (Å²) < 4.78 is 59.2. The molecule has 1 aliphatic rings. The number of piperidine rings is 1. The smallest absolute Gasteiger partial charge is 0.246 e. The summed E-state index contributed by atoms with van der Waals surface area (Å²) >= 11 is 0. The maximum absolute atomic E-state index is 13.7. The highest BCUT2D eigenvalue weighted by molar-refractivity contribution is 7.89. The van der Waals surface area contributed by atoms with Crippen molar-refractivity contribution in [1.82, 2.24) is 9.62 Å². The highest BCUT2D eigenvalue weighted by atomic mass is 32.2. The van der Waals surface area contributed by atoms with E-state index in [1.165, 1.54) is 29.6 Å². The average molecular weight is 438 g/mol. The average Bonchev–Trinajstić information content (AvgIpc) is 2.74. The lowest BCUT2D eigenvalue weighted by atomic mass is 9.98. The van der Waals surface area contributed by atoms with Gasteiger partial charge in [-0.15, -0.1) is 0 Å². The van der Waals surface area contributed by atoms with Gasteiger partial charge in [-0.1, -0.05) is 12.1 Å². The second-order valence-corrected chi connectivity index (χ2v) is 9.19. The molecule has 0 bridgehead atoms. The molecule has 1 heterocycles. The third-order valence-electron chi connectivity index (χ3n) is 5.23. The Morgan fingerprint density at radius 2 is 1.83 bits per heavy atom. The van der Waals surface area contributed by atoms with Crippen LogP contribution in [0.3, 0.4) is 0 Å². The number of methoxy groups -OCH3 is 1. The zero-order chi connectivity index (χ0) is 21.9. The van der Waals surface area contributed by atoms with Crippen molar-refractivity contribution >= 4 is 15.9 Å². The van der Waals surface area contributed by atoms with Gasteiger partial charge < -0.3 is 10.1 Å². The number of carbonyl (C=O) groups excluding carboxylic acids is 1.